The van der Waals surface area contributed by atoms with Crippen LogP contribution in [0, 0.1) is 0 Å². The van der Waals surface area contributed by atoms with E-state index in [4.69, 9.17) is 0 Å². The maximum absolute atomic E-state index is 2.13. The van der Waals surface area contributed by atoms with Crippen LogP contribution in [0.4, 0.5) is 0 Å². The highest BCUT2D eigenvalue weighted by molar-refractivity contribution is 7.46. The van der Waals surface area contributed by atoms with Crippen molar-refractivity contribution < 1.29 is 0 Å². The molecule has 0 saturated heterocycles. The number of benzene rings is 1. The van der Waals surface area contributed by atoms with E-state index in [2.05, 4.69) is 30.9 Å². The van der Waals surface area contributed by atoms with Gasteiger partial charge in [-0.15, -0.1) is 24.8 Å². The van der Waals surface area contributed by atoms with Crippen LogP contribution in [-0.2, 0) is 0 Å². The first-order valence-corrected chi connectivity index (χ1v) is 3.92. The predicted molar refractivity (Wildman–Crippen MR) is 53.4 cm³/mol. The van der Waals surface area contributed by atoms with Crippen molar-refractivity contribution in [2.75, 3.05) is 6.66 Å². The monoisotopic (exact) mass is 195 g/mol. The van der Waals surface area contributed by atoms with Gasteiger partial charge >= 0.3 is 0 Å². The van der Waals surface area contributed by atoms with Gasteiger partial charge in [0.1, 0.15) is 0 Å². The fraction of sp³-hybridized carbons (Fsp3) is 0.143. The summed E-state index contributed by atoms with van der Waals surface area (Å²) in [6, 6.07) is 10.4. The average molecular weight is 196 g/mol. The van der Waals surface area contributed by atoms with Crippen LogP contribution < -0.4 is 5.30 Å². The Labute approximate surface area is 76.0 Å². The molecule has 10 heavy (non-hydrogen) atoms. The van der Waals surface area contributed by atoms with Gasteiger partial charge in [-0.2, -0.15) is 0 Å². The molecular formula is C7H10Cl2P. The van der Waals surface area contributed by atoms with Crippen molar-refractivity contribution in [3.63, 3.8) is 0 Å². The van der Waals surface area contributed by atoms with E-state index < -0.39 is 0 Å². The predicted octanol–water partition coefficient (Wildman–Crippen LogP) is 2.73. The summed E-state index contributed by atoms with van der Waals surface area (Å²) in [4.78, 5) is 0. The molecule has 0 nitrogen and oxygen atoms in total. The molecule has 1 aromatic carbocycles. The van der Waals surface area contributed by atoms with Gasteiger partial charge in [-0.25, -0.2) is 0 Å². The summed E-state index contributed by atoms with van der Waals surface area (Å²) in [6.45, 7) is 2.13. The third-order valence-corrected chi connectivity index (χ3v) is 1.83. The summed E-state index contributed by atoms with van der Waals surface area (Å²) in [7, 11) is 1.35. The molecular weight excluding hydrogens is 186 g/mol. The Balaban J connectivity index is 0. The van der Waals surface area contributed by atoms with E-state index in [9.17, 15) is 0 Å². The zero-order valence-corrected chi connectivity index (χ0v) is 8.18. The molecule has 0 aliphatic rings. The lowest BCUT2D eigenvalue weighted by Crippen LogP contribution is -1.87. The van der Waals surface area contributed by atoms with Gasteiger partial charge in [0, 0.05) is 0 Å². The van der Waals surface area contributed by atoms with Gasteiger partial charge in [0.2, 0.25) is 0 Å². The molecule has 0 bridgehead atoms. The zero-order chi connectivity index (χ0) is 5.82. The standard InChI is InChI=1S/C7H8P.2ClH/c1-8-7-5-3-2-4-6-7;;/h2-6H,1H3;2*1H. The third kappa shape index (κ3) is 4.11. The maximum Gasteiger partial charge on any atom is -0.0196 e. The van der Waals surface area contributed by atoms with Gasteiger partial charge in [0.25, 0.3) is 0 Å². The number of halogens is 2. The second-order valence-corrected chi connectivity index (χ2v) is 2.52. The Kier molecular flexibility index (Phi) is 9.44. The maximum atomic E-state index is 2.13. The Hall–Kier alpha value is 0.230. The van der Waals surface area contributed by atoms with Gasteiger partial charge in [-0.1, -0.05) is 30.3 Å². The van der Waals surface area contributed by atoms with E-state index in [0.717, 1.165) is 0 Å². The van der Waals surface area contributed by atoms with Crippen molar-refractivity contribution in [3.8, 4) is 0 Å². The summed E-state index contributed by atoms with van der Waals surface area (Å²) in [6.07, 6.45) is 0. The largest absolute Gasteiger partial charge is 0.147 e. The molecule has 0 aliphatic heterocycles. The Morgan fingerprint density at radius 2 is 1.50 bits per heavy atom. The summed E-state index contributed by atoms with van der Waals surface area (Å²) < 4.78 is 0. The summed E-state index contributed by atoms with van der Waals surface area (Å²) >= 11 is 0. The lowest BCUT2D eigenvalue weighted by molar-refractivity contribution is 1.78. The van der Waals surface area contributed by atoms with Gasteiger partial charge in [-0.05, 0) is 20.6 Å². The van der Waals surface area contributed by atoms with Crippen LogP contribution in [0.1, 0.15) is 0 Å². The van der Waals surface area contributed by atoms with Crippen LogP contribution in [-0.4, -0.2) is 6.66 Å². The van der Waals surface area contributed by atoms with Crippen LogP contribution in [0.2, 0.25) is 0 Å². The summed E-state index contributed by atoms with van der Waals surface area (Å²) in [5.74, 6) is 0. The van der Waals surface area contributed by atoms with Gasteiger partial charge in [0.05, 0.1) is 0 Å². The molecule has 3 heteroatoms. The SMILES string of the molecule is C[P]c1ccccc1.Cl.Cl. The molecule has 0 heterocycles. The fourth-order valence-corrected chi connectivity index (χ4v) is 1.05. The topological polar surface area (TPSA) is 0 Å². The van der Waals surface area contributed by atoms with E-state index >= 15 is 0 Å². The molecule has 57 valence electrons. The highest BCUT2D eigenvalue weighted by Gasteiger charge is 1.80. The van der Waals surface area contributed by atoms with Crippen molar-refractivity contribution in [3.05, 3.63) is 30.3 Å². The molecule has 1 radical (unpaired) electrons. The third-order valence-electron chi connectivity index (χ3n) is 1.01. The smallest absolute Gasteiger partial charge is 0.0196 e. The van der Waals surface area contributed by atoms with Crippen LogP contribution in [0.3, 0.4) is 0 Å². The zero-order valence-electron chi connectivity index (χ0n) is 5.65. The molecule has 0 saturated carbocycles. The highest BCUT2D eigenvalue weighted by atomic mass is 35.5. The first-order chi connectivity index (χ1) is 3.93. The van der Waals surface area contributed by atoms with Gasteiger partial charge in [0.15, 0.2) is 0 Å². The van der Waals surface area contributed by atoms with Crippen molar-refractivity contribution in [1.82, 2.24) is 0 Å². The quantitative estimate of drug-likeness (QED) is 0.605. The molecule has 0 atom stereocenters. The number of rotatable bonds is 1. The molecule has 0 aliphatic carbocycles. The van der Waals surface area contributed by atoms with Crippen molar-refractivity contribution in [1.29, 1.82) is 0 Å². The molecule has 1 rings (SSSR count). The fourth-order valence-electron chi connectivity index (χ4n) is 0.577. The number of hydrogen-bond donors (Lipinski definition) is 0. The first-order valence-electron chi connectivity index (χ1n) is 2.58. The van der Waals surface area contributed by atoms with Gasteiger partial charge < -0.3 is 0 Å². The van der Waals surface area contributed by atoms with E-state index in [0.29, 0.717) is 0 Å². The second kappa shape index (κ2) is 7.34. The van der Waals surface area contributed by atoms with Crippen LogP contribution >= 0.6 is 33.4 Å². The summed E-state index contributed by atoms with van der Waals surface area (Å²) in [5.41, 5.74) is 0. The molecule has 0 unspecified atom stereocenters. The lowest BCUT2D eigenvalue weighted by atomic mass is 10.4. The number of hydrogen-bond acceptors (Lipinski definition) is 0. The molecule has 0 spiro atoms. The average Bonchev–Trinajstić information content (AvgIpc) is 1.90. The Morgan fingerprint density at radius 1 is 1.00 bits per heavy atom. The Morgan fingerprint density at radius 3 is 1.80 bits per heavy atom. The minimum Gasteiger partial charge on any atom is -0.147 e. The molecule has 0 fully saturated rings. The van der Waals surface area contributed by atoms with Crippen LogP contribution in [0.25, 0.3) is 0 Å². The van der Waals surface area contributed by atoms with E-state index in [1.807, 2.05) is 6.07 Å². The molecule has 0 N–H and O–H groups in total. The normalized spacial score (nSPS) is 8.50. The van der Waals surface area contributed by atoms with E-state index in [-0.39, 0.29) is 24.8 Å². The van der Waals surface area contributed by atoms with E-state index in [1.165, 1.54) is 13.9 Å². The van der Waals surface area contributed by atoms with Crippen LogP contribution in [0.15, 0.2) is 30.3 Å². The van der Waals surface area contributed by atoms with Crippen molar-refractivity contribution in [2.45, 2.75) is 0 Å². The lowest BCUT2D eigenvalue weighted by Gasteiger charge is -1.88. The Bertz CT molecular complexity index is 153. The van der Waals surface area contributed by atoms with Gasteiger partial charge in [-0.3, -0.25) is 0 Å². The molecule has 1 aromatic rings. The first kappa shape index (κ1) is 12.9. The van der Waals surface area contributed by atoms with E-state index in [1.54, 1.807) is 0 Å². The van der Waals surface area contributed by atoms with Crippen molar-refractivity contribution >= 4 is 38.7 Å². The van der Waals surface area contributed by atoms with Crippen LogP contribution in [0.5, 0.6) is 0 Å². The second-order valence-electron chi connectivity index (χ2n) is 1.56. The summed E-state index contributed by atoms with van der Waals surface area (Å²) in [5, 5.41) is 1.38. The minimum atomic E-state index is 0. The van der Waals surface area contributed by atoms with Crippen molar-refractivity contribution in [2.24, 2.45) is 0 Å². The molecule has 0 amide bonds. The molecule has 0 aromatic heterocycles. The highest BCUT2D eigenvalue weighted by Crippen LogP contribution is 2.00. The minimum absolute atomic E-state index is 0.